The highest BCUT2D eigenvalue weighted by Crippen LogP contribution is 2.38. The number of aromatic nitrogens is 2. The first kappa shape index (κ1) is 14.4. The smallest absolute Gasteiger partial charge is 0.136 e. The first-order valence-corrected chi connectivity index (χ1v) is 8.41. The van der Waals surface area contributed by atoms with Gasteiger partial charge in [0, 0.05) is 30.3 Å². The molecule has 1 atom stereocenters. The van der Waals surface area contributed by atoms with Crippen molar-refractivity contribution in [1.29, 1.82) is 0 Å². The molecule has 1 aromatic heterocycles. The second kappa shape index (κ2) is 6.98. The highest BCUT2D eigenvalue weighted by Gasteiger charge is 2.27. The average molecular weight is 280 g/mol. The molecule has 2 N–H and O–H groups in total. The largest absolute Gasteiger partial charge is 0.370 e. The lowest BCUT2D eigenvalue weighted by molar-refractivity contribution is 0.899. The van der Waals surface area contributed by atoms with Crippen molar-refractivity contribution in [3.05, 3.63) is 11.9 Å². The van der Waals surface area contributed by atoms with E-state index in [1.807, 2.05) is 17.8 Å². The van der Waals surface area contributed by atoms with Gasteiger partial charge in [-0.2, -0.15) is 11.8 Å². The Bertz CT molecular complexity index is 406. The molecule has 0 aliphatic heterocycles. The Morgan fingerprint density at radius 2 is 2.00 bits per heavy atom. The van der Waals surface area contributed by atoms with Crippen LogP contribution in [0.15, 0.2) is 6.07 Å². The molecule has 1 aliphatic rings. The average Bonchev–Trinajstić information content (AvgIpc) is 3.26. The van der Waals surface area contributed by atoms with Crippen LogP contribution in [0.3, 0.4) is 0 Å². The van der Waals surface area contributed by atoms with E-state index in [4.69, 9.17) is 0 Å². The Morgan fingerprint density at radius 1 is 1.32 bits per heavy atom. The molecule has 1 aliphatic carbocycles. The number of nitrogens with zero attached hydrogens (tertiary/aromatic N) is 2. The molecule has 0 radical (unpaired) electrons. The van der Waals surface area contributed by atoms with Crippen molar-refractivity contribution < 1.29 is 0 Å². The van der Waals surface area contributed by atoms with Crippen LogP contribution in [-0.2, 0) is 0 Å². The van der Waals surface area contributed by atoms with Crippen LogP contribution >= 0.6 is 11.8 Å². The first-order valence-electron chi connectivity index (χ1n) is 7.12. The van der Waals surface area contributed by atoms with Crippen LogP contribution in [-0.4, -0.2) is 34.6 Å². The van der Waals surface area contributed by atoms with Crippen molar-refractivity contribution in [3.63, 3.8) is 0 Å². The molecule has 2 rings (SSSR count). The number of anilines is 2. The lowest BCUT2D eigenvalue weighted by atomic mass is 10.3. The zero-order chi connectivity index (χ0) is 13.7. The van der Waals surface area contributed by atoms with E-state index in [9.17, 15) is 0 Å². The van der Waals surface area contributed by atoms with Gasteiger partial charge in [0.2, 0.25) is 0 Å². The number of hydrogen-bond acceptors (Lipinski definition) is 5. The van der Waals surface area contributed by atoms with Gasteiger partial charge in [-0.3, -0.25) is 0 Å². The molecule has 5 heteroatoms. The minimum Gasteiger partial charge on any atom is -0.370 e. The molecule has 1 saturated carbocycles. The number of thioether (sulfide) groups is 1. The quantitative estimate of drug-likeness (QED) is 0.765. The SMILES string of the molecule is CCCNc1cc(NCC(C)SC)nc(C2CC2)n1. The summed E-state index contributed by atoms with van der Waals surface area (Å²) < 4.78 is 0. The fourth-order valence-corrected chi connectivity index (χ4v) is 2.01. The second-order valence-electron chi connectivity index (χ2n) is 5.12. The van der Waals surface area contributed by atoms with Crippen molar-refractivity contribution in [2.75, 3.05) is 30.0 Å². The summed E-state index contributed by atoms with van der Waals surface area (Å²) >= 11 is 1.86. The van der Waals surface area contributed by atoms with E-state index in [-0.39, 0.29) is 0 Å². The zero-order valence-corrected chi connectivity index (χ0v) is 12.9. The Balaban J connectivity index is 2.05. The van der Waals surface area contributed by atoms with Gasteiger partial charge in [-0.15, -0.1) is 0 Å². The van der Waals surface area contributed by atoms with Gasteiger partial charge >= 0.3 is 0 Å². The maximum absolute atomic E-state index is 4.64. The maximum atomic E-state index is 4.64. The molecule has 1 aromatic rings. The van der Waals surface area contributed by atoms with E-state index in [0.29, 0.717) is 11.2 Å². The third-order valence-electron chi connectivity index (χ3n) is 3.22. The summed E-state index contributed by atoms with van der Waals surface area (Å²) in [6.07, 6.45) is 5.71. The predicted molar refractivity (Wildman–Crippen MR) is 84.3 cm³/mol. The van der Waals surface area contributed by atoms with Gasteiger partial charge in [0.05, 0.1) is 0 Å². The van der Waals surface area contributed by atoms with Gasteiger partial charge in [0.25, 0.3) is 0 Å². The summed E-state index contributed by atoms with van der Waals surface area (Å²) in [5.74, 6) is 3.50. The van der Waals surface area contributed by atoms with Crippen molar-refractivity contribution in [2.45, 2.75) is 44.3 Å². The van der Waals surface area contributed by atoms with Gasteiger partial charge in [0.15, 0.2) is 0 Å². The monoisotopic (exact) mass is 280 g/mol. The van der Waals surface area contributed by atoms with Gasteiger partial charge in [-0.1, -0.05) is 13.8 Å². The maximum Gasteiger partial charge on any atom is 0.136 e. The molecule has 0 bridgehead atoms. The molecule has 19 heavy (non-hydrogen) atoms. The summed E-state index contributed by atoms with van der Waals surface area (Å²) in [6.45, 7) is 6.28. The van der Waals surface area contributed by atoms with Crippen LogP contribution in [0.5, 0.6) is 0 Å². The van der Waals surface area contributed by atoms with Crippen LogP contribution in [0.1, 0.15) is 44.9 Å². The molecule has 106 valence electrons. The van der Waals surface area contributed by atoms with Gasteiger partial charge in [-0.05, 0) is 25.5 Å². The van der Waals surface area contributed by atoms with Crippen LogP contribution in [0.4, 0.5) is 11.6 Å². The van der Waals surface area contributed by atoms with E-state index in [2.05, 4.69) is 40.7 Å². The number of hydrogen-bond donors (Lipinski definition) is 2. The predicted octanol–water partition coefficient (Wildman–Crippen LogP) is 3.34. The standard InChI is InChI=1S/C14H24N4S/c1-4-7-15-12-8-13(16-9-10(2)19-3)18-14(17-12)11-5-6-11/h8,10-11H,4-7,9H2,1-3H3,(H2,15,16,17,18). The molecular formula is C14H24N4S. The molecule has 1 heterocycles. The summed E-state index contributed by atoms with van der Waals surface area (Å²) in [5.41, 5.74) is 0. The van der Waals surface area contributed by atoms with E-state index < -0.39 is 0 Å². The third-order valence-corrected chi connectivity index (χ3v) is 4.19. The van der Waals surface area contributed by atoms with E-state index in [1.54, 1.807) is 0 Å². The van der Waals surface area contributed by atoms with Crippen LogP contribution < -0.4 is 10.6 Å². The molecule has 1 fully saturated rings. The van der Waals surface area contributed by atoms with Gasteiger partial charge in [0.1, 0.15) is 17.5 Å². The number of rotatable bonds is 8. The lowest BCUT2D eigenvalue weighted by Crippen LogP contribution is -2.15. The van der Waals surface area contributed by atoms with Crippen molar-refractivity contribution >= 4 is 23.4 Å². The summed E-state index contributed by atoms with van der Waals surface area (Å²) in [6, 6.07) is 2.02. The van der Waals surface area contributed by atoms with Crippen molar-refractivity contribution in [2.24, 2.45) is 0 Å². The summed E-state index contributed by atoms with van der Waals surface area (Å²) in [4.78, 5) is 9.25. The summed E-state index contributed by atoms with van der Waals surface area (Å²) in [7, 11) is 0. The Hall–Kier alpha value is -0.970. The first-order chi connectivity index (χ1) is 9.22. The fraction of sp³-hybridized carbons (Fsp3) is 0.714. The van der Waals surface area contributed by atoms with E-state index in [0.717, 1.165) is 37.0 Å². The minimum absolute atomic E-state index is 0.585. The lowest BCUT2D eigenvalue weighted by Gasteiger charge is -2.13. The normalized spacial score (nSPS) is 16.2. The molecular weight excluding hydrogens is 256 g/mol. The Labute approximate surface area is 120 Å². The van der Waals surface area contributed by atoms with Crippen LogP contribution in [0, 0.1) is 0 Å². The van der Waals surface area contributed by atoms with Gasteiger partial charge in [-0.25, -0.2) is 9.97 Å². The van der Waals surface area contributed by atoms with E-state index in [1.165, 1.54) is 12.8 Å². The van der Waals surface area contributed by atoms with E-state index >= 15 is 0 Å². The summed E-state index contributed by atoms with van der Waals surface area (Å²) in [5, 5.41) is 7.38. The Kier molecular flexibility index (Phi) is 5.31. The zero-order valence-electron chi connectivity index (χ0n) is 12.1. The second-order valence-corrected chi connectivity index (χ2v) is 6.40. The highest BCUT2D eigenvalue weighted by molar-refractivity contribution is 7.99. The fourth-order valence-electron chi connectivity index (χ4n) is 1.76. The van der Waals surface area contributed by atoms with Crippen molar-refractivity contribution in [3.8, 4) is 0 Å². The van der Waals surface area contributed by atoms with Gasteiger partial charge < -0.3 is 10.6 Å². The highest BCUT2D eigenvalue weighted by atomic mass is 32.2. The van der Waals surface area contributed by atoms with Crippen LogP contribution in [0.25, 0.3) is 0 Å². The molecule has 1 unspecified atom stereocenters. The minimum atomic E-state index is 0.585. The molecule has 4 nitrogen and oxygen atoms in total. The third kappa shape index (κ3) is 4.56. The number of nitrogens with one attached hydrogen (secondary N) is 2. The Morgan fingerprint density at radius 3 is 2.58 bits per heavy atom. The molecule has 0 saturated heterocycles. The molecule has 0 aromatic carbocycles. The van der Waals surface area contributed by atoms with Crippen molar-refractivity contribution in [1.82, 2.24) is 9.97 Å². The topological polar surface area (TPSA) is 49.8 Å². The van der Waals surface area contributed by atoms with Crippen LogP contribution in [0.2, 0.25) is 0 Å². The molecule has 0 amide bonds. The molecule has 0 spiro atoms.